The van der Waals surface area contributed by atoms with E-state index >= 15 is 0 Å². The van der Waals surface area contributed by atoms with E-state index in [0.29, 0.717) is 13.1 Å². The Labute approximate surface area is 134 Å². The molecule has 1 heterocycles. The van der Waals surface area contributed by atoms with Crippen LogP contribution in [0.4, 0.5) is 4.79 Å². The fourth-order valence-corrected chi connectivity index (χ4v) is 2.47. The highest BCUT2D eigenvalue weighted by Gasteiger charge is 2.21. The summed E-state index contributed by atoms with van der Waals surface area (Å²) in [6.07, 6.45) is 0.690. The van der Waals surface area contributed by atoms with Crippen LogP contribution in [-0.2, 0) is 22.6 Å². The fourth-order valence-electron chi connectivity index (χ4n) is 2.47. The third kappa shape index (κ3) is 4.70. The van der Waals surface area contributed by atoms with Gasteiger partial charge in [-0.3, -0.25) is 9.59 Å². The summed E-state index contributed by atoms with van der Waals surface area (Å²) >= 11 is 0. The molecule has 0 spiro atoms. The molecule has 3 amide bonds. The molecule has 124 valence electrons. The number of fused-ring (bicyclic) bond motifs is 1. The van der Waals surface area contributed by atoms with Gasteiger partial charge in [-0.15, -0.1) is 0 Å². The van der Waals surface area contributed by atoms with Crippen LogP contribution in [0.2, 0.25) is 0 Å². The highest BCUT2D eigenvalue weighted by molar-refractivity contribution is 5.84. The SMILES string of the molecule is CN(CCC(=O)O)C(=O)NCC(=O)N1CCc2ccccc2C1. The molecule has 0 bridgehead atoms. The Kier molecular flexibility index (Phi) is 5.56. The molecular formula is C16H21N3O4. The first-order chi connectivity index (χ1) is 11.0. The molecule has 0 fully saturated rings. The maximum Gasteiger partial charge on any atom is 0.317 e. The van der Waals surface area contributed by atoms with Gasteiger partial charge >= 0.3 is 12.0 Å². The molecule has 0 radical (unpaired) electrons. The Balaban J connectivity index is 1.79. The van der Waals surface area contributed by atoms with E-state index in [0.717, 1.165) is 12.0 Å². The standard InChI is InChI=1S/C16H21N3O4/c1-18(8-7-15(21)22)16(23)17-10-14(20)19-9-6-12-4-2-3-5-13(12)11-19/h2-5H,6-11H2,1H3,(H,17,23)(H,21,22). The number of aliphatic carboxylic acids is 1. The lowest BCUT2D eigenvalue weighted by atomic mass is 10.00. The van der Waals surface area contributed by atoms with Crippen molar-refractivity contribution in [3.8, 4) is 0 Å². The number of nitrogens with zero attached hydrogens (tertiary/aromatic N) is 2. The van der Waals surface area contributed by atoms with Gasteiger partial charge in [0.2, 0.25) is 5.91 Å². The van der Waals surface area contributed by atoms with Gasteiger partial charge < -0.3 is 20.2 Å². The lowest BCUT2D eigenvalue weighted by molar-refractivity contribution is -0.137. The molecule has 0 saturated carbocycles. The van der Waals surface area contributed by atoms with E-state index in [9.17, 15) is 14.4 Å². The van der Waals surface area contributed by atoms with Crippen molar-refractivity contribution < 1.29 is 19.5 Å². The molecule has 1 aromatic rings. The molecule has 0 aromatic heterocycles. The summed E-state index contributed by atoms with van der Waals surface area (Å²) in [5.41, 5.74) is 2.39. The van der Waals surface area contributed by atoms with Gasteiger partial charge in [0.15, 0.2) is 0 Å². The van der Waals surface area contributed by atoms with Crippen LogP contribution in [0.5, 0.6) is 0 Å². The van der Waals surface area contributed by atoms with Crippen LogP contribution < -0.4 is 5.32 Å². The lowest BCUT2D eigenvalue weighted by Gasteiger charge is -2.29. The summed E-state index contributed by atoms with van der Waals surface area (Å²) in [6.45, 7) is 1.21. The summed E-state index contributed by atoms with van der Waals surface area (Å²) in [5.74, 6) is -1.10. The van der Waals surface area contributed by atoms with Crippen molar-refractivity contribution in [3.63, 3.8) is 0 Å². The molecular weight excluding hydrogens is 298 g/mol. The van der Waals surface area contributed by atoms with Crippen molar-refractivity contribution in [3.05, 3.63) is 35.4 Å². The van der Waals surface area contributed by atoms with Crippen LogP contribution in [0.1, 0.15) is 17.5 Å². The molecule has 7 heteroatoms. The van der Waals surface area contributed by atoms with Crippen molar-refractivity contribution in [1.82, 2.24) is 15.1 Å². The third-order valence-corrected chi connectivity index (χ3v) is 3.88. The molecule has 23 heavy (non-hydrogen) atoms. The number of amides is 3. The number of hydrogen-bond donors (Lipinski definition) is 2. The minimum atomic E-state index is -0.965. The molecule has 2 N–H and O–H groups in total. The first-order valence-electron chi connectivity index (χ1n) is 7.52. The maximum absolute atomic E-state index is 12.2. The zero-order chi connectivity index (χ0) is 16.8. The van der Waals surface area contributed by atoms with E-state index < -0.39 is 12.0 Å². The van der Waals surface area contributed by atoms with Gasteiger partial charge in [-0.2, -0.15) is 0 Å². The van der Waals surface area contributed by atoms with Gasteiger partial charge in [-0.05, 0) is 17.5 Å². The first-order valence-corrected chi connectivity index (χ1v) is 7.52. The molecule has 0 aliphatic carbocycles. The van der Waals surface area contributed by atoms with Crippen LogP contribution in [0.15, 0.2) is 24.3 Å². The monoisotopic (exact) mass is 319 g/mol. The number of carbonyl (C=O) groups excluding carboxylic acids is 2. The maximum atomic E-state index is 12.2. The van der Waals surface area contributed by atoms with Crippen molar-refractivity contribution >= 4 is 17.9 Å². The van der Waals surface area contributed by atoms with E-state index in [2.05, 4.69) is 11.4 Å². The summed E-state index contributed by atoms with van der Waals surface area (Å²) in [4.78, 5) is 37.5. The minimum absolute atomic E-state index is 0.0849. The Morgan fingerprint density at radius 3 is 2.65 bits per heavy atom. The Bertz CT molecular complexity index is 603. The second kappa shape index (κ2) is 7.62. The Hall–Kier alpha value is -2.57. The first kappa shape index (κ1) is 16.8. The second-order valence-electron chi connectivity index (χ2n) is 5.56. The van der Waals surface area contributed by atoms with Crippen LogP contribution in [0.3, 0.4) is 0 Å². The minimum Gasteiger partial charge on any atom is -0.481 e. The molecule has 0 unspecified atom stereocenters. The number of carboxylic acid groups (broad SMARTS) is 1. The third-order valence-electron chi connectivity index (χ3n) is 3.88. The van der Waals surface area contributed by atoms with Crippen LogP contribution in [0, 0.1) is 0 Å². The van der Waals surface area contributed by atoms with Crippen LogP contribution in [0.25, 0.3) is 0 Å². The van der Waals surface area contributed by atoms with Crippen LogP contribution in [-0.4, -0.2) is 59.5 Å². The molecule has 7 nitrogen and oxygen atoms in total. The topological polar surface area (TPSA) is 90.0 Å². The number of carbonyl (C=O) groups is 3. The van der Waals surface area contributed by atoms with E-state index in [-0.39, 0.29) is 25.4 Å². The molecule has 0 saturated heterocycles. The second-order valence-corrected chi connectivity index (χ2v) is 5.56. The zero-order valence-electron chi connectivity index (χ0n) is 13.1. The number of urea groups is 1. The molecule has 1 aliphatic heterocycles. The normalized spacial score (nSPS) is 13.2. The van der Waals surface area contributed by atoms with E-state index in [4.69, 9.17) is 5.11 Å². The van der Waals surface area contributed by atoms with E-state index in [1.807, 2.05) is 18.2 Å². The summed E-state index contributed by atoms with van der Waals surface area (Å²) in [6, 6.07) is 7.57. The van der Waals surface area contributed by atoms with Gasteiger partial charge in [0, 0.05) is 26.7 Å². The predicted octanol–water partition coefficient (Wildman–Crippen LogP) is 0.687. The van der Waals surface area contributed by atoms with Crippen molar-refractivity contribution in [1.29, 1.82) is 0 Å². The highest BCUT2D eigenvalue weighted by atomic mass is 16.4. The van der Waals surface area contributed by atoms with Gasteiger partial charge in [-0.25, -0.2) is 4.79 Å². The number of hydrogen-bond acceptors (Lipinski definition) is 3. The van der Waals surface area contributed by atoms with Crippen molar-refractivity contribution in [2.45, 2.75) is 19.4 Å². The van der Waals surface area contributed by atoms with Crippen molar-refractivity contribution in [2.75, 3.05) is 26.7 Å². The summed E-state index contributed by atoms with van der Waals surface area (Å²) in [7, 11) is 1.50. The molecule has 0 atom stereocenters. The van der Waals surface area contributed by atoms with E-state index in [1.165, 1.54) is 17.5 Å². The predicted molar refractivity (Wildman–Crippen MR) is 83.8 cm³/mol. The number of rotatable bonds is 5. The van der Waals surface area contributed by atoms with Crippen molar-refractivity contribution in [2.24, 2.45) is 0 Å². The van der Waals surface area contributed by atoms with Gasteiger partial charge in [-0.1, -0.05) is 24.3 Å². The quantitative estimate of drug-likeness (QED) is 0.835. The summed E-state index contributed by atoms with van der Waals surface area (Å²) < 4.78 is 0. The summed E-state index contributed by atoms with van der Waals surface area (Å²) in [5, 5.41) is 11.1. The highest BCUT2D eigenvalue weighted by Crippen LogP contribution is 2.18. The van der Waals surface area contributed by atoms with Gasteiger partial charge in [0.05, 0.1) is 13.0 Å². The zero-order valence-corrected chi connectivity index (χ0v) is 13.1. The number of nitrogens with one attached hydrogen (secondary N) is 1. The van der Waals surface area contributed by atoms with Gasteiger partial charge in [0.25, 0.3) is 0 Å². The fraction of sp³-hybridized carbons (Fsp3) is 0.438. The smallest absolute Gasteiger partial charge is 0.317 e. The average Bonchev–Trinajstić information content (AvgIpc) is 2.56. The molecule has 2 rings (SSSR count). The molecule has 1 aliphatic rings. The Morgan fingerprint density at radius 1 is 1.26 bits per heavy atom. The van der Waals surface area contributed by atoms with Gasteiger partial charge in [0.1, 0.15) is 0 Å². The van der Waals surface area contributed by atoms with E-state index in [1.54, 1.807) is 4.90 Å². The average molecular weight is 319 g/mol. The number of carboxylic acids is 1. The number of benzene rings is 1. The Morgan fingerprint density at radius 2 is 1.96 bits per heavy atom. The van der Waals surface area contributed by atoms with Crippen LogP contribution >= 0.6 is 0 Å². The molecule has 1 aromatic carbocycles. The largest absolute Gasteiger partial charge is 0.481 e. The lowest BCUT2D eigenvalue weighted by Crippen LogP contribution is -2.46.